The monoisotopic (exact) mass is 154 g/mol. The van der Waals surface area contributed by atoms with Crippen molar-refractivity contribution in [2.75, 3.05) is 0 Å². The molecule has 0 radical (unpaired) electrons. The summed E-state index contributed by atoms with van der Waals surface area (Å²) in [6.45, 7) is 0. The second-order valence-corrected chi connectivity index (χ2v) is 1.58. The SMILES string of the molecule is NC(=O)[C@@H](N)CC(=O)[O-].[Na+]. The predicted octanol–water partition coefficient (Wildman–Crippen LogP) is -6.06. The van der Waals surface area contributed by atoms with E-state index in [0.29, 0.717) is 0 Å². The Morgan fingerprint density at radius 2 is 1.90 bits per heavy atom. The summed E-state index contributed by atoms with van der Waals surface area (Å²) < 4.78 is 0. The van der Waals surface area contributed by atoms with Gasteiger partial charge in [0.25, 0.3) is 0 Å². The van der Waals surface area contributed by atoms with Crippen LogP contribution in [0.3, 0.4) is 0 Å². The average molecular weight is 154 g/mol. The summed E-state index contributed by atoms with van der Waals surface area (Å²) in [5.41, 5.74) is 9.55. The molecule has 0 rings (SSSR count). The van der Waals surface area contributed by atoms with Gasteiger partial charge in [-0.25, -0.2) is 0 Å². The zero-order valence-electron chi connectivity index (χ0n) is 5.66. The first kappa shape index (κ1) is 12.6. The van der Waals surface area contributed by atoms with Crippen LogP contribution in [-0.2, 0) is 9.59 Å². The fourth-order valence-corrected chi connectivity index (χ4v) is 0.280. The van der Waals surface area contributed by atoms with E-state index in [-0.39, 0.29) is 29.6 Å². The second-order valence-electron chi connectivity index (χ2n) is 1.58. The zero-order chi connectivity index (χ0) is 7.44. The fourth-order valence-electron chi connectivity index (χ4n) is 0.280. The number of aliphatic carboxylic acids is 1. The van der Waals surface area contributed by atoms with Gasteiger partial charge in [-0.3, -0.25) is 4.79 Å². The summed E-state index contributed by atoms with van der Waals surface area (Å²) in [5.74, 6) is -2.21. The van der Waals surface area contributed by atoms with Crippen LogP contribution in [0.15, 0.2) is 0 Å². The number of carbonyl (C=O) groups is 2. The quantitative estimate of drug-likeness (QED) is 0.394. The van der Waals surface area contributed by atoms with Crippen molar-refractivity contribution in [3.8, 4) is 0 Å². The average Bonchev–Trinajstić information content (AvgIpc) is 1.63. The standard InChI is InChI=1S/C4H8N2O3.Na/c5-2(4(6)9)1-3(7)8;/h2H,1,5H2,(H2,6,9)(H,7,8);/q;+1/p-1/t2-;/m0./s1. The Kier molecular flexibility index (Phi) is 7.12. The number of carboxylic acids is 1. The van der Waals surface area contributed by atoms with Crippen molar-refractivity contribution < 1.29 is 44.3 Å². The summed E-state index contributed by atoms with van der Waals surface area (Å²) in [7, 11) is 0. The van der Waals surface area contributed by atoms with Crippen LogP contribution in [0.4, 0.5) is 0 Å². The molecule has 0 saturated heterocycles. The largest absolute Gasteiger partial charge is 1.00 e. The third-order valence-electron chi connectivity index (χ3n) is 0.752. The van der Waals surface area contributed by atoms with Gasteiger partial charge in [0.15, 0.2) is 0 Å². The fraction of sp³-hybridized carbons (Fsp3) is 0.500. The van der Waals surface area contributed by atoms with Crippen molar-refractivity contribution in [2.45, 2.75) is 12.5 Å². The first-order valence-corrected chi connectivity index (χ1v) is 2.28. The molecular formula is C4H7N2NaO3. The van der Waals surface area contributed by atoms with Crippen molar-refractivity contribution in [2.24, 2.45) is 11.5 Å². The van der Waals surface area contributed by atoms with Crippen LogP contribution in [0.2, 0.25) is 0 Å². The van der Waals surface area contributed by atoms with Crippen molar-refractivity contribution in [3.05, 3.63) is 0 Å². The van der Waals surface area contributed by atoms with Gasteiger partial charge in [-0.15, -0.1) is 0 Å². The molecule has 10 heavy (non-hydrogen) atoms. The molecule has 0 spiro atoms. The Morgan fingerprint density at radius 3 is 2.00 bits per heavy atom. The van der Waals surface area contributed by atoms with Gasteiger partial charge in [0.05, 0.1) is 6.04 Å². The molecule has 0 aliphatic rings. The summed E-state index contributed by atoms with van der Waals surface area (Å²) in [4.78, 5) is 19.8. The van der Waals surface area contributed by atoms with Crippen LogP contribution < -0.4 is 46.1 Å². The van der Waals surface area contributed by atoms with Crippen LogP contribution in [0.25, 0.3) is 0 Å². The molecule has 52 valence electrons. The van der Waals surface area contributed by atoms with Crippen LogP contribution in [0.1, 0.15) is 6.42 Å². The number of hydrogen-bond donors (Lipinski definition) is 2. The van der Waals surface area contributed by atoms with E-state index in [1.165, 1.54) is 0 Å². The van der Waals surface area contributed by atoms with Gasteiger partial charge in [0.2, 0.25) is 5.91 Å². The summed E-state index contributed by atoms with van der Waals surface area (Å²) in [5, 5.41) is 9.72. The molecule has 0 bridgehead atoms. The van der Waals surface area contributed by atoms with Crippen LogP contribution in [0.5, 0.6) is 0 Å². The maximum Gasteiger partial charge on any atom is 1.00 e. The molecule has 4 N–H and O–H groups in total. The zero-order valence-corrected chi connectivity index (χ0v) is 7.66. The van der Waals surface area contributed by atoms with E-state index in [1.807, 2.05) is 0 Å². The number of carbonyl (C=O) groups excluding carboxylic acids is 2. The molecule has 0 fully saturated rings. The Morgan fingerprint density at radius 1 is 1.50 bits per heavy atom. The van der Waals surface area contributed by atoms with Crippen molar-refractivity contribution in [1.82, 2.24) is 0 Å². The van der Waals surface area contributed by atoms with Gasteiger partial charge < -0.3 is 21.4 Å². The number of hydrogen-bond acceptors (Lipinski definition) is 4. The smallest absolute Gasteiger partial charge is 0.550 e. The van der Waals surface area contributed by atoms with Gasteiger partial charge in [-0.05, 0) is 0 Å². The topological polar surface area (TPSA) is 109 Å². The van der Waals surface area contributed by atoms with Gasteiger partial charge in [0.1, 0.15) is 0 Å². The molecule has 0 unspecified atom stereocenters. The molecule has 0 aliphatic heterocycles. The molecule has 1 atom stereocenters. The number of nitrogens with two attached hydrogens (primary N) is 2. The number of amides is 1. The Hall–Kier alpha value is -0.100. The Labute approximate surface area is 80.0 Å². The first-order chi connectivity index (χ1) is 4.04. The van der Waals surface area contributed by atoms with E-state index in [1.54, 1.807) is 0 Å². The summed E-state index contributed by atoms with van der Waals surface area (Å²) in [6, 6.07) is -1.13. The molecule has 0 heterocycles. The molecule has 0 aliphatic carbocycles. The molecule has 1 amide bonds. The third kappa shape index (κ3) is 6.03. The Bertz CT molecular complexity index is 138. The van der Waals surface area contributed by atoms with Crippen molar-refractivity contribution >= 4 is 11.9 Å². The maximum atomic E-state index is 10.0. The summed E-state index contributed by atoms with van der Waals surface area (Å²) >= 11 is 0. The van der Waals surface area contributed by atoms with Gasteiger partial charge in [-0.2, -0.15) is 0 Å². The van der Waals surface area contributed by atoms with Crippen LogP contribution in [0, 0.1) is 0 Å². The van der Waals surface area contributed by atoms with E-state index >= 15 is 0 Å². The molecule has 0 aromatic heterocycles. The van der Waals surface area contributed by atoms with Gasteiger partial charge in [0, 0.05) is 12.4 Å². The second kappa shape index (κ2) is 5.67. The molecule has 0 aromatic carbocycles. The van der Waals surface area contributed by atoms with E-state index in [2.05, 4.69) is 5.73 Å². The maximum absolute atomic E-state index is 10.0. The van der Waals surface area contributed by atoms with E-state index in [9.17, 15) is 14.7 Å². The Balaban J connectivity index is 0. The van der Waals surface area contributed by atoms with E-state index < -0.39 is 24.3 Å². The molecular weight excluding hydrogens is 147 g/mol. The minimum Gasteiger partial charge on any atom is -0.550 e. The molecule has 6 heteroatoms. The van der Waals surface area contributed by atoms with Crippen LogP contribution in [-0.4, -0.2) is 17.9 Å². The van der Waals surface area contributed by atoms with E-state index in [4.69, 9.17) is 5.73 Å². The third-order valence-corrected chi connectivity index (χ3v) is 0.752. The minimum atomic E-state index is -1.37. The first-order valence-electron chi connectivity index (χ1n) is 2.28. The van der Waals surface area contributed by atoms with Gasteiger partial charge >= 0.3 is 29.6 Å². The van der Waals surface area contributed by atoms with Gasteiger partial charge in [-0.1, -0.05) is 0 Å². The van der Waals surface area contributed by atoms with Crippen molar-refractivity contribution in [1.29, 1.82) is 0 Å². The van der Waals surface area contributed by atoms with Crippen LogP contribution >= 0.6 is 0 Å². The molecule has 5 nitrogen and oxygen atoms in total. The number of carboxylic acid groups (broad SMARTS) is 1. The normalized spacial score (nSPS) is 11.3. The van der Waals surface area contributed by atoms with E-state index in [0.717, 1.165) is 0 Å². The number of rotatable bonds is 3. The minimum absolute atomic E-state index is 0. The molecule has 0 aromatic rings. The molecule has 0 saturated carbocycles. The summed E-state index contributed by atoms with van der Waals surface area (Å²) in [6.07, 6.45) is -0.519. The van der Waals surface area contributed by atoms with Crippen molar-refractivity contribution in [3.63, 3.8) is 0 Å². The predicted molar refractivity (Wildman–Crippen MR) is 26.8 cm³/mol. The number of primary amides is 1.